The number of hydrogen-bond donors (Lipinski definition) is 0. The lowest BCUT2D eigenvalue weighted by Gasteiger charge is -2.25. The van der Waals surface area contributed by atoms with Crippen molar-refractivity contribution in [2.24, 2.45) is 0 Å². The van der Waals surface area contributed by atoms with E-state index in [0.29, 0.717) is 49.1 Å². The third kappa shape index (κ3) is 1.72. The number of carbonyl (C=O) groups excluding carboxylic acids is 1. The minimum absolute atomic E-state index is 0.114. The molecule has 0 bridgehead atoms. The Labute approximate surface area is 114 Å². The zero-order valence-corrected chi connectivity index (χ0v) is 10.8. The number of amides is 1. The Bertz CT molecular complexity index is 671. The van der Waals surface area contributed by atoms with Gasteiger partial charge in [0.05, 0.1) is 18.6 Å². The molecule has 4 rings (SSSR count). The third-order valence-electron chi connectivity index (χ3n) is 3.54. The van der Waals surface area contributed by atoms with E-state index in [2.05, 4.69) is 0 Å². The summed E-state index contributed by atoms with van der Waals surface area (Å²) in [6.45, 7) is 2.52. The molecule has 2 aromatic rings. The molecular weight excluding hydrogens is 262 g/mol. The van der Waals surface area contributed by atoms with Crippen molar-refractivity contribution in [2.45, 2.75) is 0 Å². The molecule has 104 valence electrons. The summed E-state index contributed by atoms with van der Waals surface area (Å²) in [7, 11) is 0. The van der Waals surface area contributed by atoms with E-state index in [0.717, 1.165) is 5.39 Å². The smallest absolute Gasteiger partial charge is 0.289 e. The lowest BCUT2D eigenvalue weighted by Crippen LogP contribution is -2.40. The fraction of sp³-hybridized carbons (Fsp3) is 0.357. The maximum atomic E-state index is 12.4. The normalized spacial score (nSPS) is 17.7. The molecule has 0 unspecified atom stereocenters. The summed E-state index contributed by atoms with van der Waals surface area (Å²) in [5.41, 5.74) is 0.630. The van der Waals surface area contributed by atoms with Crippen molar-refractivity contribution >= 4 is 16.9 Å². The van der Waals surface area contributed by atoms with Crippen molar-refractivity contribution in [3.63, 3.8) is 0 Å². The second kappa shape index (κ2) is 4.42. The second-order valence-corrected chi connectivity index (χ2v) is 4.73. The van der Waals surface area contributed by atoms with Gasteiger partial charge in [0.15, 0.2) is 17.3 Å². The zero-order valence-electron chi connectivity index (χ0n) is 10.8. The molecule has 1 aromatic carbocycles. The molecule has 0 aliphatic carbocycles. The molecule has 0 saturated carbocycles. The molecule has 1 aromatic heterocycles. The summed E-state index contributed by atoms with van der Waals surface area (Å²) in [6.07, 6.45) is 0. The monoisotopic (exact) mass is 275 g/mol. The Kier molecular flexibility index (Phi) is 2.56. The van der Waals surface area contributed by atoms with Crippen LogP contribution in [0.4, 0.5) is 0 Å². The Hall–Kier alpha value is -2.21. The number of hydrogen-bond acceptors (Lipinski definition) is 5. The molecule has 1 fully saturated rings. The summed E-state index contributed by atoms with van der Waals surface area (Å²) < 4.78 is 21.6. The molecule has 2 aliphatic rings. The highest BCUT2D eigenvalue weighted by molar-refractivity contribution is 5.98. The van der Waals surface area contributed by atoms with Crippen LogP contribution in [0, 0.1) is 0 Å². The number of furan rings is 1. The van der Waals surface area contributed by atoms with E-state index in [-0.39, 0.29) is 12.7 Å². The fourth-order valence-corrected chi connectivity index (χ4v) is 2.51. The van der Waals surface area contributed by atoms with Gasteiger partial charge in [-0.2, -0.15) is 0 Å². The molecule has 0 spiro atoms. The summed E-state index contributed by atoms with van der Waals surface area (Å²) in [5.74, 6) is 1.54. The van der Waals surface area contributed by atoms with E-state index in [1.807, 2.05) is 0 Å². The predicted octanol–water partition coefficient (Wildman–Crippen LogP) is 1.63. The summed E-state index contributed by atoms with van der Waals surface area (Å²) >= 11 is 0. The van der Waals surface area contributed by atoms with Gasteiger partial charge in [0.1, 0.15) is 5.58 Å². The van der Waals surface area contributed by atoms with E-state index in [1.165, 1.54) is 0 Å². The SMILES string of the molecule is O=C(c1cc2c3c(ccc2o1)OCO3)N1CCOCC1. The van der Waals surface area contributed by atoms with Gasteiger partial charge in [0, 0.05) is 19.2 Å². The van der Waals surface area contributed by atoms with Gasteiger partial charge in [0.2, 0.25) is 6.79 Å². The van der Waals surface area contributed by atoms with Gasteiger partial charge in [-0.1, -0.05) is 0 Å². The van der Waals surface area contributed by atoms with Gasteiger partial charge < -0.3 is 23.5 Å². The first-order chi connectivity index (χ1) is 9.83. The van der Waals surface area contributed by atoms with E-state index < -0.39 is 0 Å². The highest BCUT2D eigenvalue weighted by Gasteiger charge is 2.25. The van der Waals surface area contributed by atoms with Crippen LogP contribution in [0.25, 0.3) is 11.0 Å². The zero-order chi connectivity index (χ0) is 13.5. The first-order valence-electron chi connectivity index (χ1n) is 6.52. The van der Waals surface area contributed by atoms with Crippen molar-refractivity contribution in [3.8, 4) is 11.5 Å². The average molecular weight is 275 g/mol. The molecule has 0 N–H and O–H groups in total. The number of carbonyl (C=O) groups is 1. The molecule has 1 amide bonds. The van der Waals surface area contributed by atoms with Crippen LogP contribution in [-0.2, 0) is 4.74 Å². The molecule has 20 heavy (non-hydrogen) atoms. The van der Waals surface area contributed by atoms with Crippen LogP contribution >= 0.6 is 0 Å². The van der Waals surface area contributed by atoms with E-state index in [4.69, 9.17) is 18.6 Å². The van der Waals surface area contributed by atoms with Gasteiger partial charge in [-0.15, -0.1) is 0 Å². The van der Waals surface area contributed by atoms with Crippen LogP contribution in [0.1, 0.15) is 10.6 Å². The lowest BCUT2D eigenvalue weighted by atomic mass is 10.2. The van der Waals surface area contributed by atoms with Crippen LogP contribution in [0.3, 0.4) is 0 Å². The van der Waals surface area contributed by atoms with Gasteiger partial charge in [-0.25, -0.2) is 0 Å². The van der Waals surface area contributed by atoms with E-state index >= 15 is 0 Å². The molecule has 2 aliphatic heterocycles. The Morgan fingerprint density at radius 3 is 2.85 bits per heavy atom. The highest BCUT2D eigenvalue weighted by Crippen LogP contribution is 2.40. The molecule has 1 saturated heterocycles. The highest BCUT2D eigenvalue weighted by atomic mass is 16.7. The van der Waals surface area contributed by atoms with Gasteiger partial charge in [0.25, 0.3) is 5.91 Å². The van der Waals surface area contributed by atoms with Gasteiger partial charge >= 0.3 is 0 Å². The summed E-state index contributed by atoms with van der Waals surface area (Å²) in [4.78, 5) is 14.1. The molecule has 6 heteroatoms. The Morgan fingerprint density at radius 2 is 2.00 bits per heavy atom. The van der Waals surface area contributed by atoms with Crippen LogP contribution in [0.15, 0.2) is 22.6 Å². The van der Waals surface area contributed by atoms with Crippen LogP contribution in [-0.4, -0.2) is 43.9 Å². The van der Waals surface area contributed by atoms with Crippen LogP contribution in [0.5, 0.6) is 11.5 Å². The van der Waals surface area contributed by atoms with Crippen molar-refractivity contribution < 1.29 is 23.4 Å². The Balaban J connectivity index is 1.72. The quantitative estimate of drug-likeness (QED) is 0.791. The molecule has 6 nitrogen and oxygen atoms in total. The van der Waals surface area contributed by atoms with E-state index in [9.17, 15) is 4.79 Å². The molecule has 3 heterocycles. The summed E-state index contributed by atoms with van der Waals surface area (Å²) in [6, 6.07) is 5.30. The molecule has 0 atom stereocenters. The van der Waals surface area contributed by atoms with Crippen LogP contribution in [0.2, 0.25) is 0 Å². The maximum Gasteiger partial charge on any atom is 0.289 e. The number of benzene rings is 1. The van der Waals surface area contributed by atoms with Crippen molar-refractivity contribution in [1.29, 1.82) is 0 Å². The van der Waals surface area contributed by atoms with E-state index in [1.54, 1.807) is 23.1 Å². The first-order valence-corrected chi connectivity index (χ1v) is 6.52. The number of fused-ring (bicyclic) bond motifs is 3. The number of rotatable bonds is 1. The maximum absolute atomic E-state index is 12.4. The lowest BCUT2D eigenvalue weighted by molar-refractivity contribution is 0.0284. The third-order valence-corrected chi connectivity index (χ3v) is 3.54. The molecular formula is C14H13NO5. The second-order valence-electron chi connectivity index (χ2n) is 4.73. The molecule has 0 radical (unpaired) electrons. The first kappa shape index (κ1) is 11.6. The number of morpholine rings is 1. The summed E-state index contributed by atoms with van der Waals surface area (Å²) in [5, 5.41) is 0.775. The predicted molar refractivity (Wildman–Crippen MR) is 69.1 cm³/mol. The topological polar surface area (TPSA) is 61.1 Å². The number of ether oxygens (including phenoxy) is 3. The van der Waals surface area contributed by atoms with Crippen LogP contribution < -0.4 is 9.47 Å². The average Bonchev–Trinajstić information content (AvgIpc) is 3.12. The minimum Gasteiger partial charge on any atom is -0.454 e. The van der Waals surface area contributed by atoms with Gasteiger partial charge in [-0.05, 0) is 12.1 Å². The van der Waals surface area contributed by atoms with Crippen molar-refractivity contribution in [1.82, 2.24) is 4.90 Å². The largest absolute Gasteiger partial charge is 0.454 e. The standard InChI is InChI=1S/C14H13NO5/c16-14(15-3-5-17-6-4-15)12-7-9-10(20-12)1-2-11-13(9)19-8-18-11/h1-2,7H,3-6,8H2. The van der Waals surface area contributed by atoms with Crippen molar-refractivity contribution in [2.75, 3.05) is 33.1 Å². The number of nitrogens with zero attached hydrogens (tertiary/aromatic N) is 1. The van der Waals surface area contributed by atoms with Crippen molar-refractivity contribution in [3.05, 3.63) is 24.0 Å². The minimum atomic E-state index is -0.114. The fourth-order valence-electron chi connectivity index (χ4n) is 2.51. The Morgan fingerprint density at radius 1 is 1.15 bits per heavy atom. The van der Waals surface area contributed by atoms with Gasteiger partial charge in [-0.3, -0.25) is 4.79 Å².